The normalized spacial score (nSPS) is 11.2. The Labute approximate surface area is 110 Å². The lowest BCUT2D eigenvalue weighted by Gasteiger charge is -2.32. The van der Waals surface area contributed by atoms with Crippen LogP contribution in [0.25, 0.3) is 0 Å². The van der Waals surface area contributed by atoms with Gasteiger partial charge in [0, 0.05) is 12.1 Å². The number of amides is 1. The maximum Gasteiger partial charge on any atom is 0.320 e. The van der Waals surface area contributed by atoms with Crippen LogP contribution in [0.15, 0.2) is 0 Å². The first-order valence-electron chi connectivity index (χ1n) is 6.44. The number of ether oxygens (including phenoxy) is 1. The minimum absolute atomic E-state index is 0.0341. The van der Waals surface area contributed by atoms with Crippen molar-refractivity contribution in [1.29, 1.82) is 0 Å². The van der Waals surface area contributed by atoms with E-state index >= 15 is 0 Å². The molecule has 0 saturated carbocycles. The fourth-order valence-electron chi connectivity index (χ4n) is 1.97. The molecule has 0 aromatic rings. The van der Waals surface area contributed by atoms with Gasteiger partial charge in [-0.3, -0.25) is 14.5 Å². The van der Waals surface area contributed by atoms with Crippen LogP contribution in [0.5, 0.6) is 0 Å². The van der Waals surface area contributed by atoms with Crippen LogP contribution in [0.4, 0.5) is 0 Å². The van der Waals surface area contributed by atoms with Gasteiger partial charge in [-0.25, -0.2) is 0 Å². The van der Waals surface area contributed by atoms with Gasteiger partial charge in [-0.1, -0.05) is 0 Å². The first-order valence-corrected chi connectivity index (χ1v) is 6.44. The van der Waals surface area contributed by atoms with Crippen LogP contribution in [0.2, 0.25) is 0 Å². The van der Waals surface area contributed by atoms with Crippen LogP contribution >= 0.6 is 0 Å². The summed E-state index contributed by atoms with van der Waals surface area (Å²) in [5.41, 5.74) is 0. The Kier molecular flexibility index (Phi) is 7.59. The lowest BCUT2D eigenvalue weighted by atomic mass is 10.2. The third-order valence-corrected chi connectivity index (χ3v) is 2.51. The molecule has 0 aliphatic rings. The summed E-state index contributed by atoms with van der Waals surface area (Å²) in [5, 5.41) is 0. The largest absolute Gasteiger partial charge is 0.465 e. The average molecular weight is 258 g/mol. The van der Waals surface area contributed by atoms with E-state index in [0.29, 0.717) is 6.61 Å². The van der Waals surface area contributed by atoms with Crippen molar-refractivity contribution in [3.8, 4) is 0 Å². The summed E-state index contributed by atoms with van der Waals surface area (Å²) in [4.78, 5) is 26.9. The van der Waals surface area contributed by atoms with Crippen molar-refractivity contribution in [1.82, 2.24) is 9.80 Å². The van der Waals surface area contributed by atoms with Gasteiger partial charge in [0.25, 0.3) is 0 Å². The predicted molar refractivity (Wildman–Crippen MR) is 71.2 cm³/mol. The summed E-state index contributed by atoms with van der Waals surface area (Å²) in [7, 11) is 1.74. The Hall–Kier alpha value is -1.10. The number of carbonyl (C=O) groups is 2. The SMILES string of the molecule is CCOC(=O)CN(C)CC(=O)N(C(C)C)C(C)C. The van der Waals surface area contributed by atoms with Crippen LogP contribution in [0.1, 0.15) is 34.6 Å². The van der Waals surface area contributed by atoms with Crippen LogP contribution in [0.3, 0.4) is 0 Å². The first kappa shape index (κ1) is 16.9. The number of esters is 1. The third kappa shape index (κ3) is 6.00. The van der Waals surface area contributed by atoms with Gasteiger partial charge >= 0.3 is 5.97 Å². The van der Waals surface area contributed by atoms with Crippen LogP contribution in [-0.2, 0) is 14.3 Å². The van der Waals surface area contributed by atoms with Gasteiger partial charge in [-0.05, 0) is 41.7 Å². The zero-order chi connectivity index (χ0) is 14.3. The molecule has 0 bridgehead atoms. The van der Waals surface area contributed by atoms with Crippen molar-refractivity contribution in [3.63, 3.8) is 0 Å². The minimum atomic E-state index is -0.298. The molecule has 0 aromatic carbocycles. The minimum Gasteiger partial charge on any atom is -0.465 e. The van der Waals surface area contributed by atoms with E-state index in [2.05, 4.69) is 0 Å². The Morgan fingerprint density at radius 1 is 1.06 bits per heavy atom. The molecule has 0 saturated heterocycles. The summed E-state index contributed by atoms with van der Waals surface area (Å²) in [5.74, 6) is -0.264. The van der Waals surface area contributed by atoms with Crippen molar-refractivity contribution in [2.24, 2.45) is 0 Å². The number of rotatable bonds is 7. The molecule has 106 valence electrons. The second-order valence-corrected chi connectivity index (χ2v) is 4.97. The van der Waals surface area contributed by atoms with Crippen molar-refractivity contribution in [2.45, 2.75) is 46.7 Å². The Bertz CT molecular complexity index is 269. The van der Waals surface area contributed by atoms with E-state index in [0.717, 1.165) is 0 Å². The summed E-state index contributed by atoms with van der Waals surface area (Å²) in [6.45, 7) is 10.5. The monoisotopic (exact) mass is 258 g/mol. The summed E-state index contributed by atoms with van der Waals surface area (Å²) in [6, 6.07) is 0.321. The van der Waals surface area contributed by atoms with E-state index in [1.54, 1.807) is 18.9 Å². The molecule has 0 radical (unpaired) electrons. The molecule has 0 N–H and O–H groups in total. The van der Waals surface area contributed by atoms with E-state index in [4.69, 9.17) is 4.74 Å². The fraction of sp³-hybridized carbons (Fsp3) is 0.846. The number of carbonyl (C=O) groups excluding carboxylic acids is 2. The van der Waals surface area contributed by atoms with Crippen molar-refractivity contribution in [3.05, 3.63) is 0 Å². The van der Waals surface area contributed by atoms with Crippen molar-refractivity contribution >= 4 is 11.9 Å². The van der Waals surface area contributed by atoms with Gasteiger partial charge in [-0.15, -0.1) is 0 Å². The van der Waals surface area contributed by atoms with Crippen molar-refractivity contribution in [2.75, 3.05) is 26.7 Å². The Balaban J connectivity index is 4.32. The molecule has 0 spiro atoms. The molecule has 18 heavy (non-hydrogen) atoms. The molecule has 5 heteroatoms. The number of hydrogen-bond acceptors (Lipinski definition) is 4. The molecular weight excluding hydrogens is 232 g/mol. The molecule has 0 rings (SSSR count). The highest BCUT2D eigenvalue weighted by Crippen LogP contribution is 2.06. The smallest absolute Gasteiger partial charge is 0.320 e. The van der Waals surface area contributed by atoms with Gasteiger partial charge in [-0.2, -0.15) is 0 Å². The molecule has 0 atom stereocenters. The van der Waals surface area contributed by atoms with Crippen LogP contribution in [0, 0.1) is 0 Å². The highest BCUT2D eigenvalue weighted by molar-refractivity contribution is 5.80. The summed E-state index contributed by atoms with van der Waals surface area (Å²) >= 11 is 0. The maximum atomic E-state index is 12.1. The molecular formula is C13H26N2O3. The van der Waals surface area contributed by atoms with E-state index in [-0.39, 0.29) is 37.0 Å². The summed E-state index contributed by atoms with van der Waals surface area (Å²) < 4.78 is 4.84. The van der Waals surface area contributed by atoms with Crippen LogP contribution < -0.4 is 0 Å². The number of likely N-dealkylation sites (N-methyl/N-ethyl adjacent to an activating group) is 1. The van der Waals surface area contributed by atoms with Crippen molar-refractivity contribution < 1.29 is 14.3 Å². The molecule has 0 aliphatic heterocycles. The lowest BCUT2D eigenvalue weighted by molar-refractivity contribution is -0.145. The molecule has 0 heterocycles. The Morgan fingerprint density at radius 3 is 1.94 bits per heavy atom. The molecule has 1 amide bonds. The zero-order valence-corrected chi connectivity index (χ0v) is 12.4. The lowest BCUT2D eigenvalue weighted by Crippen LogP contribution is -2.47. The highest BCUT2D eigenvalue weighted by Gasteiger charge is 2.21. The second-order valence-electron chi connectivity index (χ2n) is 4.97. The Morgan fingerprint density at radius 2 is 1.56 bits per heavy atom. The van der Waals surface area contributed by atoms with E-state index < -0.39 is 0 Å². The molecule has 0 unspecified atom stereocenters. The average Bonchev–Trinajstić information content (AvgIpc) is 2.14. The second kappa shape index (κ2) is 8.08. The zero-order valence-electron chi connectivity index (χ0n) is 12.4. The quantitative estimate of drug-likeness (QED) is 0.642. The van der Waals surface area contributed by atoms with Gasteiger partial charge in [0.1, 0.15) is 0 Å². The number of nitrogens with zero attached hydrogens (tertiary/aromatic N) is 2. The summed E-state index contributed by atoms with van der Waals surface area (Å²) in [6.07, 6.45) is 0. The fourth-order valence-corrected chi connectivity index (χ4v) is 1.97. The first-order chi connectivity index (χ1) is 8.29. The highest BCUT2D eigenvalue weighted by atomic mass is 16.5. The van der Waals surface area contributed by atoms with E-state index in [9.17, 15) is 9.59 Å². The molecule has 5 nitrogen and oxygen atoms in total. The van der Waals surface area contributed by atoms with Gasteiger partial charge in [0.15, 0.2) is 0 Å². The predicted octanol–water partition coefficient (Wildman–Crippen LogP) is 1.13. The van der Waals surface area contributed by atoms with Crippen LogP contribution in [-0.4, -0.2) is 60.5 Å². The van der Waals surface area contributed by atoms with Gasteiger partial charge in [0.05, 0.1) is 19.7 Å². The van der Waals surface area contributed by atoms with E-state index in [1.807, 2.05) is 32.6 Å². The molecule has 0 aromatic heterocycles. The number of hydrogen-bond donors (Lipinski definition) is 0. The van der Waals surface area contributed by atoms with Gasteiger partial charge in [0.2, 0.25) is 5.91 Å². The standard InChI is InChI=1S/C13H26N2O3/c1-7-18-13(17)9-14(6)8-12(16)15(10(2)3)11(4)5/h10-11H,7-9H2,1-6H3. The topological polar surface area (TPSA) is 49.9 Å². The molecule has 0 fully saturated rings. The maximum absolute atomic E-state index is 12.1. The molecule has 0 aliphatic carbocycles. The van der Waals surface area contributed by atoms with E-state index in [1.165, 1.54) is 0 Å². The third-order valence-electron chi connectivity index (χ3n) is 2.51. The van der Waals surface area contributed by atoms with Gasteiger partial charge < -0.3 is 9.64 Å².